The zero-order chi connectivity index (χ0) is 20.9. The quantitative estimate of drug-likeness (QED) is 0.433. The number of hydrogen-bond donors (Lipinski definition) is 1. The van der Waals surface area contributed by atoms with Gasteiger partial charge in [-0.3, -0.25) is 4.79 Å². The van der Waals surface area contributed by atoms with Crippen LogP contribution in [0.1, 0.15) is 18.1 Å². The maximum atomic E-state index is 12.4. The van der Waals surface area contributed by atoms with E-state index in [0.717, 1.165) is 28.9 Å². The van der Waals surface area contributed by atoms with Gasteiger partial charge in [-0.05, 0) is 41.0 Å². The predicted molar refractivity (Wildman–Crippen MR) is 120 cm³/mol. The van der Waals surface area contributed by atoms with Gasteiger partial charge >= 0.3 is 0 Å². The van der Waals surface area contributed by atoms with Crippen molar-refractivity contribution < 1.29 is 4.79 Å². The summed E-state index contributed by atoms with van der Waals surface area (Å²) in [6, 6.07) is 16.1. The number of tetrazole rings is 1. The molecule has 0 bridgehead atoms. The van der Waals surface area contributed by atoms with Crippen molar-refractivity contribution in [2.75, 3.05) is 11.1 Å². The minimum Gasteiger partial charge on any atom is -0.301 e. The van der Waals surface area contributed by atoms with Crippen LogP contribution in [0.3, 0.4) is 0 Å². The van der Waals surface area contributed by atoms with Crippen LogP contribution in [0.5, 0.6) is 0 Å². The van der Waals surface area contributed by atoms with Crippen molar-refractivity contribution >= 4 is 34.1 Å². The number of hydrogen-bond acceptors (Lipinski definition) is 7. The molecular formula is C21H20N6OS2. The highest BCUT2D eigenvalue weighted by Crippen LogP contribution is 2.26. The second kappa shape index (κ2) is 9.19. The number of carbonyl (C=O) groups is 1. The maximum absolute atomic E-state index is 12.4. The first-order valence-corrected chi connectivity index (χ1v) is 11.3. The van der Waals surface area contributed by atoms with E-state index in [1.165, 1.54) is 28.7 Å². The van der Waals surface area contributed by atoms with Crippen molar-refractivity contribution in [2.45, 2.75) is 25.4 Å². The van der Waals surface area contributed by atoms with Gasteiger partial charge in [0.1, 0.15) is 0 Å². The van der Waals surface area contributed by atoms with Gasteiger partial charge in [0.05, 0.1) is 17.1 Å². The number of benzene rings is 2. The molecule has 0 unspecified atom stereocenters. The Bertz CT molecular complexity index is 1150. The fraction of sp³-hybridized carbons (Fsp3) is 0.190. The molecule has 0 fully saturated rings. The molecule has 4 rings (SSSR count). The molecule has 4 aromatic rings. The lowest BCUT2D eigenvalue weighted by atomic mass is 10.1. The van der Waals surface area contributed by atoms with Gasteiger partial charge in [0.2, 0.25) is 11.1 Å². The molecule has 0 aliphatic heterocycles. The summed E-state index contributed by atoms with van der Waals surface area (Å²) in [5.74, 6) is 0.0355. The molecule has 2 aromatic heterocycles. The lowest BCUT2D eigenvalue weighted by molar-refractivity contribution is -0.113. The first-order valence-electron chi connectivity index (χ1n) is 9.46. The molecule has 0 aliphatic rings. The minimum atomic E-state index is -0.151. The standard InChI is InChI=1S/C21H20N6OS2/c1-3-15-8-10-16(11-9-15)17-12-29-20(22-17)23-19(28)13-30-21-24-25-26-27(21)18-7-5-4-6-14(18)2/h4-12H,3,13H2,1-2H3,(H,22,23,28). The highest BCUT2D eigenvalue weighted by Gasteiger charge is 2.14. The smallest absolute Gasteiger partial charge is 0.236 e. The zero-order valence-electron chi connectivity index (χ0n) is 16.6. The number of nitrogens with zero attached hydrogens (tertiary/aromatic N) is 5. The summed E-state index contributed by atoms with van der Waals surface area (Å²) in [5.41, 5.74) is 5.12. The normalized spacial score (nSPS) is 10.9. The topological polar surface area (TPSA) is 85.6 Å². The third-order valence-corrected chi connectivity index (χ3v) is 6.20. The van der Waals surface area contributed by atoms with Gasteiger partial charge in [0.25, 0.3) is 0 Å². The summed E-state index contributed by atoms with van der Waals surface area (Å²) in [6.45, 7) is 4.12. The SMILES string of the molecule is CCc1ccc(-c2csc(NC(=O)CSc3nnnn3-c3ccccc3C)n2)cc1. The lowest BCUT2D eigenvalue weighted by Gasteiger charge is -2.06. The molecule has 152 valence electrons. The number of rotatable bonds is 7. The average molecular weight is 437 g/mol. The van der Waals surface area contributed by atoms with Gasteiger partial charge in [-0.2, -0.15) is 4.68 Å². The van der Waals surface area contributed by atoms with Crippen LogP contribution >= 0.6 is 23.1 Å². The molecule has 0 aliphatic carbocycles. The second-order valence-corrected chi connectivity index (χ2v) is 8.39. The molecular weight excluding hydrogens is 416 g/mol. The average Bonchev–Trinajstić information content (AvgIpc) is 3.42. The number of aryl methyl sites for hydroxylation is 2. The number of carbonyl (C=O) groups excluding carboxylic acids is 1. The van der Waals surface area contributed by atoms with Crippen LogP contribution in [0.15, 0.2) is 59.1 Å². The second-order valence-electron chi connectivity index (χ2n) is 6.58. The first kappa shape index (κ1) is 20.2. The third kappa shape index (κ3) is 4.58. The number of anilines is 1. The minimum absolute atomic E-state index is 0.151. The Morgan fingerprint density at radius 2 is 1.97 bits per heavy atom. The Morgan fingerprint density at radius 3 is 2.73 bits per heavy atom. The molecule has 2 heterocycles. The Hall–Kier alpha value is -3.04. The summed E-state index contributed by atoms with van der Waals surface area (Å²) >= 11 is 2.69. The summed E-state index contributed by atoms with van der Waals surface area (Å²) in [6.07, 6.45) is 1.00. The van der Waals surface area contributed by atoms with Gasteiger partial charge in [-0.25, -0.2) is 4.98 Å². The zero-order valence-corrected chi connectivity index (χ0v) is 18.2. The molecule has 0 spiro atoms. The molecule has 2 aromatic carbocycles. The molecule has 0 atom stereocenters. The van der Waals surface area contributed by atoms with Crippen LogP contribution in [0, 0.1) is 6.92 Å². The van der Waals surface area contributed by atoms with Crippen molar-refractivity contribution in [3.8, 4) is 16.9 Å². The summed E-state index contributed by atoms with van der Waals surface area (Å²) in [5, 5.41) is 17.8. The van der Waals surface area contributed by atoms with E-state index in [4.69, 9.17) is 0 Å². The van der Waals surface area contributed by atoms with Crippen LogP contribution in [0.25, 0.3) is 16.9 Å². The molecule has 1 N–H and O–H groups in total. The Morgan fingerprint density at radius 1 is 1.17 bits per heavy atom. The third-order valence-electron chi connectivity index (χ3n) is 4.53. The van der Waals surface area contributed by atoms with Gasteiger partial charge in [-0.1, -0.05) is 61.2 Å². The molecule has 7 nitrogen and oxygen atoms in total. The maximum Gasteiger partial charge on any atom is 0.236 e. The Balaban J connectivity index is 1.38. The van der Waals surface area contributed by atoms with Crippen LogP contribution in [-0.2, 0) is 11.2 Å². The van der Waals surface area contributed by atoms with E-state index in [-0.39, 0.29) is 11.7 Å². The Labute approximate surface area is 182 Å². The van der Waals surface area contributed by atoms with E-state index >= 15 is 0 Å². The van der Waals surface area contributed by atoms with Gasteiger partial charge in [-0.15, -0.1) is 16.4 Å². The number of amides is 1. The molecule has 30 heavy (non-hydrogen) atoms. The lowest BCUT2D eigenvalue weighted by Crippen LogP contribution is -2.14. The highest BCUT2D eigenvalue weighted by molar-refractivity contribution is 7.99. The van der Waals surface area contributed by atoms with E-state index in [1.807, 2.05) is 36.6 Å². The van der Waals surface area contributed by atoms with E-state index < -0.39 is 0 Å². The van der Waals surface area contributed by atoms with Crippen molar-refractivity contribution in [3.63, 3.8) is 0 Å². The van der Waals surface area contributed by atoms with Crippen LogP contribution in [0.4, 0.5) is 5.13 Å². The Kier molecular flexibility index (Phi) is 6.20. The number of thioether (sulfide) groups is 1. The number of aromatic nitrogens is 5. The fourth-order valence-electron chi connectivity index (χ4n) is 2.88. The molecule has 0 saturated heterocycles. The van der Waals surface area contributed by atoms with E-state index in [0.29, 0.717) is 10.3 Å². The van der Waals surface area contributed by atoms with Crippen molar-refractivity contribution in [1.82, 2.24) is 25.2 Å². The monoisotopic (exact) mass is 436 g/mol. The summed E-state index contributed by atoms with van der Waals surface area (Å²) < 4.78 is 1.65. The first-order chi connectivity index (χ1) is 14.6. The molecule has 1 amide bonds. The van der Waals surface area contributed by atoms with Crippen molar-refractivity contribution in [3.05, 3.63) is 65.0 Å². The van der Waals surface area contributed by atoms with Crippen molar-refractivity contribution in [2.24, 2.45) is 0 Å². The van der Waals surface area contributed by atoms with E-state index in [9.17, 15) is 4.79 Å². The number of thiazole rings is 1. The van der Waals surface area contributed by atoms with Crippen LogP contribution < -0.4 is 5.32 Å². The molecule has 0 radical (unpaired) electrons. The van der Waals surface area contributed by atoms with Gasteiger partial charge in [0, 0.05) is 10.9 Å². The summed E-state index contributed by atoms with van der Waals surface area (Å²) in [7, 11) is 0. The van der Waals surface area contributed by atoms with Crippen LogP contribution in [0.2, 0.25) is 0 Å². The van der Waals surface area contributed by atoms with Crippen LogP contribution in [-0.4, -0.2) is 36.9 Å². The summed E-state index contributed by atoms with van der Waals surface area (Å²) in [4.78, 5) is 16.9. The highest BCUT2D eigenvalue weighted by atomic mass is 32.2. The largest absolute Gasteiger partial charge is 0.301 e. The number of para-hydroxylation sites is 1. The van der Waals surface area contributed by atoms with E-state index in [2.05, 4.69) is 57.0 Å². The predicted octanol–water partition coefficient (Wildman–Crippen LogP) is 4.39. The molecule has 9 heteroatoms. The van der Waals surface area contributed by atoms with Gasteiger partial charge < -0.3 is 5.32 Å². The van der Waals surface area contributed by atoms with E-state index in [1.54, 1.807) is 4.68 Å². The van der Waals surface area contributed by atoms with Crippen molar-refractivity contribution in [1.29, 1.82) is 0 Å². The van der Waals surface area contributed by atoms with Gasteiger partial charge in [0.15, 0.2) is 5.13 Å². The fourth-order valence-corrected chi connectivity index (χ4v) is 4.30. The molecule has 0 saturated carbocycles. The number of nitrogens with one attached hydrogen (secondary N) is 1.